The highest BCUT2D eigenvalue weighted by atomic mass is 79.9. The standard InChI is InChI=1S/C12H14Br2/c13-11-5-1-9(2-6-11)10-3-7-12(14)8-4-10/h1-2,5-6,10,12H,3-4,7-8H2. The van der Waals surface area contributed by atoms with E-state index in [2.05, 4.69) is 56.1 Å². The van der Waals surface area contributed by atoms with E-state index in [-0.39, 0.29) is 0 Å². The average Bonchev–Trinajstić information content (AvgIpc) is 2.21. The molecule has 0 aliphatic heterocycles. The number of hydrogen-bond donors (Lipinski definition) is 0. The molecule has 1 aromatic rings. The quantitative estimate of drug-likeness (QED) is 0.648. The summed E-state index contributed by atoms with van der Waals surface area (Å²) in [4.78, 5) is 0.759. The van der Waals surface area contributed by atoms with Crippen molar-refractivity contribution in [1.82, 2.24) is 0 Å². The van der Waals surface area contributed by atoms with E-state index < -0.39 is 0 Å². The van der Waals surface area contributed by atoms with Crippen molar-refractivity contribution in [1.29, 1.82) is 0 Å². The highest BCUT2D eigenvalue weighted by Crippen LogP contribution is 2.35. The largest absolute Gasteiger partial charge is 0.0891 e. The summed E-state index contributed by atoms with van der Waals surface area (Å²) in [5.74, 6) is 0.789. The monoisotopic (exact) mass is 316 g/mol. The fraction of sp³-hybridized carbons (Fsp3) is 0.500. The van der Waals surface area contributed by atoms with Gasteiger partial charge in [-0.25, -0.2) is 0 Å². The predicted octanol–water partition coefficient (Wildman–Crippen LogP) is 4.87. The molecule has 0 unspecified atom stereocenters. The Hall–Kier alpha value is 0.180. The first-order chi connectivity index (χ1) is 6.75. The van der Waals surface area contributed by atoms with E-state index in [1.165, 1.54) is 35.7 Å². The third kappa shape index (κ3) is 2.60. The van der Waals surface area contributed by atoms with Gasteiger partial charge in [0.2, 0.25) is 0 Å². The molecule has 0 aromatic heterocycles. The lowest BCUT2D eigenvalue weighted by molar-refractivity contribution is 0.457. The second-order valence-corrected chi connectivity index (χ2v) is 6.21. The van der Waals surface area contributed by atoms with Crippen LogP contribution < -0.4 is 0 Å². The van der Waals surface area contributed by atoms with Gasteiger partial charge in [-0.1, -0.05) is 44.0 Å². The first-order valence-electron chi connectivity index (χ1n) is 5.15. The van der Waals surface area contributed by atoms with E-state index in [9.17, 15) is 0 Å². The van der Waals surface area contributed by atoms with E-state index in [1.807, 2.05) is 0 Å². The summed E-state index contributed by atoms with van der Waals surface area (Å²) in [6.07, 6.45) is 5.30. The van der Waals surface area contributed by atoms with E-state index >= 15 is 0 Å². The molecule has 0 saturated heterocycles. The minimum absolute atomic E-state index is 0.759. The van der Waals surface area contributed by atoms with Crippen LogP contribution in [0.15, 0.2) is 28.7 Å². The molecule has 14 heavy (non-hydrogen) atoms. The summed E-state index contributed by atoms with van der Waals surface area (Å²) in [5.41, 5.74) is 1.51. The zero-order chi connectivity index (χ0) is 9.97. The first-order valence-corrected chi connectivity index (χ1v) is 6.86. The lowest BCUT2D eigenvalue weighted by Crippen LogP contribution is -2.12. The summed E-state index contributed by atoms with van der Waals surface area (Å²) in [5, 5.41) is 0. The van der Waals surface area contributed by atoms with Crippen molar-refractivity contribution in [2.45, 2.75) is 36.4 Å². The SMILES string of the molecule is Brc1ccc(C2CCC(Br)CC2)cc1. The smallest absolute Gasteiger partial charge is 0.0175 e. The molecule has 76 valence electrons. The molecule has 0 spiro atoms. The van der Waals surface area contributed by atoms with Gasteiger partial charge in [0.15, 0.2) is 0 Å². The maximum absolute atomic E-state index is 3.69. The Kier molecular flexibility index (Phi) is 3.67. The summed E-state index contributed by atoms with van der Waals surface area (Å²) >= 11 is 7.16. The van der Waals surface area contributed by atoms with Crippen LogP contribution in [0.25, 0.3) is 0 Å². The Balaban J connectivity index is 2.05. The maximum atomic E-state index is 3.69. The topological polar surface area (TPSA) is 0 Å². The van der Waals surface area contributed by atoms with Crippen molar-refractivity contribution in [3.8, 4) is 0 Å². The van der Waals surface area contributed by atoms with Crippen molar-refractivity contribution < 1.29 is 0 Å². The van der Waals surface area contributed by atoms with E-state index in [0.29, 0.717) is 0 Å². The number of rotatable bonds is 1. The summed E-state index contributed by atoms with van der Waals surface area (Å²) in [6, 6.07) is 8.80. The summed E-state index contributed by atoms with van der Waals surface area (Å²) < 4.78 is 1.18. The maximum Gasteiger partial charge on any atom is 0.0175 e. The van der Waals surface area contributed by atoms with Gasteiger partial charge in [-0.3, -0.25) is 0 Å². The Morgan fingerprint density at radius 3 is 2.07 bits per heavy atom. The minimum atomic E-state index is 0.759. The van der Waals surface area contributed by atoms with Crippen LogP contribution in [0.2, 0.25) is 0 Å². The Bertz CT molecular complexity index is 284. The number of alkyl halides is 1. The molecule has 0 nitrogen and oxygen atoms in total. The van der Waals surface area contributed by atoms with Gasteiger partial charge in [0.1, 0.15) is 0 Å². The van der Waals surface area contributed by atoms with Crippen molar-refractivity contribution in [2.75, 3.05) is 0 Å². The molecule has 0 amide bonds. The molecule has 2 rings (SSSR count). The molecular formula is C12H14Br2. The third-order valence-corrected chi connectivity index (χ3v) is 4.44. The van der Waals surface area contributed by atoms with Gasteiger partial charge < -0.3 is 0 Å². The predicted molar refractivity (Wildman–Crippen MR) is 68.1 cm³/mol. The second-order valence-electron chi connectivity index (χ2n) is 4.00. The fourth-order valence-corrected chi connectivity index (χ4v) is 2.91. The normalized spacial score (nSPS) is 27.6. The van der Waals surface area contributed by atoms with Crippen LogP contribution in [0.4, 0.5) is 0 Å². The Labute approximate surface area is 102 Å². The first kappa shape index (κ1) is 10.7. The van der Waals surface area contributed by atoms with Crippen LogP contribution in [0.3, 0.4) is 0 Å². The zero-order valence-electron chi connectivity index (χ0n) is 8.05. The van der Waals surface area contributed by atoms with Crippen LogP contribution in [0.5, 0.6) is 0 Å². The molecule has 0 N–H and O–H groups in total. The molecule has 1 aromatic carbocycles. The van der Waals surface area contributed by atoms with Crippen molar-refractivity contribution in [3.05, 3.63) is 34.3 Å². The van der Waals surface area contributed by atoms with Crippen LogP contribution in [-0.4, -0.2) is 4.83 Å². The molecule has 2 heteroatoms. The van der Waals surface area contributed by atoms with Gasteiger partial charge >= 0.3 is 0 Å². The van der Waals surface area contributed by atoms with Gasteiger partial charge in [0, 0.05) is 9.30 Å². The van der Waals surface area contributed by atoms with Crippen LogP contribution >= 0.6 is 31.9 Å². The highest BCUT2D eigenvalue weighted by Gasteiger charge is 2.20. The Morgan fingerprint density at radius 1 is 0.929 bits per heavy atom. The summed E-state index contributed by atoms with van der Waals surface area (Å²) in [7, 11) is 0. The molecule has 0 bridgehead atoms. The highest BCUT2D eigenvalue weighted by molar-refractivity contribution is 9.10. The lowest BCUT2D eigenvalue weighted by atomic mass is 9.84. The average molecular weight is 318 g/mol. The van der Waals surface area contributed by atoms with Gasteiger partial charge in [-0.15, -0.1) is 0 Å². The van der Waals surface area contributed by atoms with Crippen LogP contribution in [0.1, 0.15) is 37.2 Å². The molecule has 0 atom stereocenters. The molecule has 0 radical (unpaired) electrons. The molecule has 1 aliphatic carbocycles. The molecule has 1 fully saturated rings. The van der Waals surface area contributed by atoms with Crippen molar-refractivity contribution in [2.24, 2.45) is 0 Å². The van der Waals surface area contributed by atoms with Crippen LogP contribution in [-0.2, 0) is 0 Å². The van der Waals surface area contributed by atoms with Gasteiger partial charge in [0.05, 0.1) is 0 Å². The third-order valence-electron chi connectivity index (χ3n) is 3.00. The van der Waals surface area contributed by atoms with Gasteiger partial charge in [0.25, 0.3) is 0 Å². The summed E-state index contributed by atoms with van der Waals surface area (Å²) in [6.45, 7) is 0. The van der Waals surface area contributed by atoms with Crippen molar-refractivity contribution in [3.63, 3.8) is 0 Å². The molecule has 0 heterocycles. The molecule has 1 aliphatic rings. The Morgan fingerprint density at radius 2 is 1.50 bits per heavy atom. The molecular weight excluding hydrogens is 304 g/mol. The lowest BCUT2D eigenvalue weighted by Gasteiger charge is -2.25. The number of benzene rings is 1. The number of hydrogen-bond acceptors (Lipinski definition) is 0. The zero-order valence-corrected chi connectivity index (χ0v) is 11.2. The van der Waals surface area contributed by atoms with E-state index in [0.717, 1.165) is 10.7 Å². The number of halogens is 2. The fourth-order valence-electron chi connectivity index (χ4n) is 2.12. The minimum Gasteiger partial charge on any atom is -0.0891 e. The second kappa shape index (κ2) is 4.80. The van der Waals surface area contributed by atoms with E-state index in [4.69, 9.17) is 0 Å². The van der Waals surface area contributed by atoms with Gasteiger partial charge in [-0.2, -0.15) is 0 Å². The van der Waals surface area contributed by atoms with Gasteiger partial charge in [-0.05, 0) is 49.3 Å². The van der Waals surface area contributed by atoms with Crippen LogP contribution in [0, 0.1) is 0 Å². The molecule has 1 saturated carbocycles. The van der Waals surface area contributed by atoms with E-state index in [1.54, 1.807) is 0 Å². The van der Waals surface area contributed by atoms with Crippen molar-refractivity contribution >= 4 is 31.9 Å².